The maximum atomic E-state index is 12.9. The SMILES string of the molecule is O=C(Cc1cccnc1)N1CC(=O)N2[C@H](C1)[C@H](c1ccc(/C=C/c3ccccc3)cc1)[C@@H]2CO. The van der Waals surface area contributed by atoms with E-state index in [0.717, 1.165) is 22.3 Å². The topological polar surface area (TPSA) is 73.7 Å². The van der Waals surface area contributed by atoms with Crippen LogP contribution in [0, 0.1) is 0 Å². The van der Waals surface area contributed by atoms with Crippen LogP contribution < -0.4 is 0 Å². The summed E-state index contributed by atoms with van der Waals surface area (Å²) in [5.74, 6) is -0.183. The van der Waals surface area contributed by atoms with Crippen LogP contribution >= 0.6 is 0 Å². The Morgan fingerprint density at radius 2 is 1.74 bits per heavy atom. The number of hydrogen-bond donors (Lipinski definition) is 1. The molecule has 3 heterocycles. The zero-order valence-corrected chi connectivity index (χ0v) is 18.8. The molecule has 6 nitrogen and oxygen atoms in total. The van der Waals surface area contributed by atoms with Gasteiger partial charge in [-0.15, -0.1) is 0 Å². The number of rotatable bonds is 6. The summed E-state index contributed by atoms with van der Waals surface area (Å²) in [7, 11) is 0. The van der Waals surface area contributed by atoms with Crippen LogP contribution in [0.4, 0.5) is 0 Å². The second-order valence-electron chi connectivity index (χ2n) is 8.87. The van der Waals surface area contributed by atoms with E-state index < -0.39 is 0 Å². The van der Waals surface area contributed by atoms with E-state index in [4.69, 9.17) is 0 Å². The van der Waals surface area contributed by atoms with Gasteiger partial charge in [0.1, 0.15) is 0 Å². The first-order valence-electron chi connectivity index (χ1n) is 11.6. The lowest BCUT2D eigenvalue weighted by Crippen LogP contribution is -2.73. The largest absolute Gasteiger partial charge is 0.394 e. The number of benzene rings is 2. The van der Waals surface area contributed by atoms with Crippen LogP contribution in [0.25, 0.3) is 12.2 Å². The van der Waals surface area contributed by atoms with Crippen molar-refractivity contribution in [3.05, 3.63) is 101 Å². The second-order valence-corrected chi connectivity index (χ2v) is 8.87. The highest BCUT2D eigenvalue weighted by atomic mass is 16.3. The molecule has 0 unspecified atom stereocenters. The van der Waals surface area contributed by atoms with Gasteiger partial charge in [0, 0.05) is 24.9 Å². The van der Waals surface area contributed by atoms with E-state index in [9.17, 15) is 14.7 Å². The molecule has 172 valence electrons. The van der Waals surface area contributed by atoms with E-state index in [1.54, 1.807) is 28.3 Å². The van der Waals surface area contributed by atoms with Gasteiger partial charge in [0.2, 0.25) is 11.8 Å². The van der Waals surface area contributed by atoms with Crippen molar-refractivity contribution < 1.29 is 14.7 Å². The van der Waals surface area contributed by atoms with E-state index in [0.29, 0.717) is 6.54 Å². The number of piperazine rings is 1. The molecule has 2 saturated heterocycles. The Balaban J connectivity index is 1.30. The van der Waals surface area contributed by atoms with Crippen LogP contribution in [-0.4, -0.2) is 63.5 Å². The lowest BCUT2D eigenvalue weighted by atomic mass is 9.73. The number of aromatic nitrogens is 1. The lowest BCUT2D eigenvalue weighted by Gasteiger charge is -2.58. The molecule has 3 atom stereocenters. The van der Waals surface area contributed by atoms with Gasteiger partial charge in [-0.25, -0.2) is 0 Å². The van der Waals surface area contributed by atoms with Gasteiger partial charge in [0.05, 0.1) is 31.7 Å². The third-order valence-corrected chi connectivity index (χ3v) is 6.77. The van der Waals surface area contributed by atoms with Crippen LogP contribution in [0.3, 0.4) is 0 Å². The van der Waals surface area contributed by atoms with Crippen LogP contribution in [0.15, 0.2) is 79.1 Å². The summed E-state index contributed by atoms with van der Waals surface area (Å²) in [6, 6.07) is 21.7. The van der Waals surface area contributed by atoms with Crippen molar-refractivity contribution in [2.75, 3.05) is 19.7 Å². The Kier molecular flexibility index (Phi) is 6.23. The van der Waals surface area contributed by atoms with Gasteiger partial charge in [-0.2, -0.15) is 0 Å². The predicted octanol–water partition coefficient (Wildman–Crippen LogP) is 2.99. The molecule has 2 aromatic carbocycles. The molecule has 6 heteroatoms. The van der Waals surface area contributed by atoms with Gasteiger partial charge >= 0.3 is 0 Å². The minimum absolute atomic E-state index is 0.00454. The summed E-state index contributed by atoms with van der Waals surface area (Å²) in [4.78, 5) is 33.2. The fourth-order valence-corrected chi connectivity index (χ4v) is 5.06. The molecule has 2 fully saturated rings. The molecule has 0 aliphatic carbocycles. The standard InChI is InChI=1S/C28H27N3O3/c32-19-25-28(23-12-10-21(11-13-23)9-8-20-5-2-1-3-6-20)24-17-30(18-27(34)31(24)25)26(33)15-22-7-4-14-29-16-22/h1-14,16,24-25,28,32H,15,17-19H2/b9-8+/t24-,25+,28+/m1/s1. The Hall–Kier alpha value is -3.77. The van der Waals surface area contributed by atoms with Crippen LogP contribution in [0.1, 0.15) is 28.2 Å². The maximum absolute atomic E-state index is 12.9. The molecular weight excluding hydrogens is 426 g/mol. The van der Waals surface area contributed by atoms with Crippen molar-refractivity contribution in [1.82, 2.24) is 14.8 Å². The molecule has 3 aromatic rings. The summed E-state index contributed by atoms with van der Waals surface area (Å²) in [6.45, 7) is 0.440. The number of carbonyl (C=O) groups excluding carboxylic acids is 2. The number of amides is 2. The number of hydrogen-bond acceptors (Lipinski definition) is 4. The molecular formula is C28H27N3O3. The van der Waals surface area contributed by atoms with Crippen molar-refractivity contribution in [2.45, 2.75) is 24.4 Å². The first-order valence-corrected chi connectivity index (χ1v) is 11.6. The number of aliphatic hydroxyl groups excluding tert-OH is 1. The summed E-state index contributed by atoms with van der Waals surface area (Å²) in [5.41, 5.74) is 4.13. The van der Waals surface area contributed by atoms with Crippen molar-refractivity contribution in [2.24, 2.45) is 0 Å². The van der Waals surface area contributed by atoms with Crippen molar-refractivity contribution in [1.29, 1.82) is 0 Å². The lowest BCUT2D eigenvalue weighted by molar-refractivity contribution is -0.166. The molecule has 2 amide bonds. The monoisotopic (exact) mass is 453 g/mol. The molecule has 1 aromatic heterocycles. The Morgan fingerprint density at radius 3 is 2.41 bits per heavy atom. The zero-order chi connectivity index (χ0) is 23.5. The number of pyridine rings is 1. The summed E-state index contributed by atoms with van der Waals surface area (Å²) in [6.07, 6.45) is 7.72. The quantitative estimate of drug-likeness (QED) is 0.583. The molecule has 0 bridgehead atoms. The number of aliphatic hydroxyl groups is 1. The van der Waals surface area contributed by atoms with Crippen molar-refractivity contribution in [3.63, 3.8) is 0 Å². The first kappa shape index (κ1) is 22.0. The molecule has 5 rings (SSSR count). The Bertz CT molecular complexity index is 1180. The van der Waals surface area contributed by atoms with Gasteiger partial charge in [-0.3, -0.25) is 14.6 Å². The van der Waals surface area contributed by atoms with Gasteiger partial charge in [-0.05, 0) is 28.3 Å². The Morgan fingerprint density at radius 1 is 1.00 bits per heavy atom. The molecule has 0 radical (unpaired) electrons. The number of nitrogens with zero attached hydrogens (tertiary/aromatic N) is 3. The molecule has 1 N–H and O–H groups in total. The van der Waals surface area contributed by atoms with Gasteiger partial charge in [0.15, 0.2) is 0 Å². The van der Waals surface area contributed by atoms with Gasteiger partial charge in [-0.1, -0.05) is 72.8 Å². The average molecular weight is 454 g/mol. The minimum atomic E-state index is -0.251. The highest BCUT2D eigenvalue weighted by Crippen LogP contribution is 2.43. The first-order chi connectivity index (χ1) is 16.6. The molecule has 2 aliphatic heterocycles. The summed E-state index contributed by atoms with van der Waals surface area (Å²) in [5, 5.41) is 10.0. The third kappa shape index (κ3) is 4.37. The van der Waals surface area contributed by atoms with E-state index in [-0.39, 0.29) is 49.4 Å². The van der Waals surface area contributed by atoms with Crippen LogP contribution in [0.5, 0.6) is 0 Å². The molecule has 0 saturated carbocycles. The number of carbonyl (C=O) groups is 2. The summed E-state index contributed by atoms with van der Waals surface area (Å²) < 4.78 is 0. The molecule has 34 heavy (non-hydrogen) atoms. The highest BCUT2D eigenvalue weighted by Gasteiger charge is 2.54. The normalized spacial score (nSPS) is 21.9. The average Bonchev–Trinajstić information content (AvgIpc) is 2.86. The predicted molar refractivity (Wildman–Crippen MR) is 131 cm³/mol. The summed E-state index contributed by atoms with van der Waals surface area (Å²) >= 11 is 0. The number of fused-ring (bicyclic) bond motifs is 1. The van der Waals surface area contributed by atoms with Crippen molar-refractivity contribution >= 4 is 24.0 Å². The third-order valence-electron chi connectivity index (χ3n) is 6.77. The van der Waals surface area contributed by atoms with Crippen LogP contribution in [0.2, 0.25) is 0 Å². The van der Waals surface area contributed by atoms with Crippen molar-refractivity contribution in [3.8, 4) is 0 Å². The van der Waals surface area contributed by atoms with Crippen LogP contribution in [-0.2, 0) is 16.0 Å². The van der Waals surface area contributed by atoms with E-state index >= 15 is 0 Å². The smallest absolute Gasteiger partial charge is 0.242 e. The van der Waals surface area contributed by atoms with Gasteiger partial charge in [0.25, 0.3) is 0 Å². The second kappa shape index (κ2) is 9.61. The molecule has 2 aliphatic rings. The molecule has 0 spiro atoms. The maximum Gasteiger partial charge on any atom is 0.242 e. The van der Waals surface area contributed by atoms with E-state index in [1.807, 2.05) is 24.3 Å². The van der Waals surface area contributed by atoms with E-state index in [1.165, 1.54) is 0 Å². The highest BCUT2D eigenvalue weighted by molar-refractivity contribution is 5.88. The Labute approximate surface area is 199 Å². The zero-order valence-electron chi connectivity index (χ0n) is 18.8. The van der Waals surface area contributed by atoms with E-state index in [2.05, 4.69) is 53.5 Å². The fraction of sp³-hybridized carbons (Fsp3) is 0.250. The minimum Gasteiger partial charge on any atom is -0.394 e. The van der Waals surface area contributed by atoms with Gasteiger partial charge < -0.3 is 14.9 Å². The fourth-order valence-electron chi connectivity index (χ4n) is 5.06.